The number of anilines is 1. The molecule has 172 valence electrons. The van der Waals surface area contributed by atoms with E-state index in [0.717, 1.165) is 56.6 Å². The second-order valence-corrected chi connectivity index (χ2v) is 9.65. The number of hydrogen-bond donors (Lipinski definition) is 1. The minimum absolute atomic E-state index is 0.0118. The van der Waals surface area contributed by atoms with Gasteiger partial charge in [0.25, 0.3) is 11.8 Å². The molecule has 0 bridgehead atoms. The van der Waals surface area contributed by atoms with E-state index >= 15 is 0 Å². The zero-order chi connectivity index (χ0) is 22.0. The molecule has 4 rings (SSSR count). The fraction of sp³-hybridized carbons (Fsp3) is 0.708. The van der Waals surface area contributed by atoms with Crippen molar-refractivity contribution in [3.63, 3.8) is 0 Å². The van der Waals surface area contributed by atoms with Crippen LogP contribution in [-0.4, -0.2) is 79.5 Å². The van der Waals surface area contributed by atoms with E-state index < -0.39 is 5.92 Å². The number of nitrogens with one attached hydrogen (secondary N) is 1. The molecule has 3 fully saturated rings. The van der Waals surface area contributed by atoms with Crippen molar-refractivity contribution in [2.24, 2.45) is 0 Å². The monoisotopic (exact) mass is 434 g/mol. The summed E-state index contributed by atoms with van der Waals surface area (Å²) in [5, 5.41) is 3.26. The molecule has 2 unspecified atom stereocenters. The average Bonchev–Trinajstić information content (AvgIpc) is 2.76. The van der Waals surface area contributed by atoms with Crippen molar-refractivity contribution < 1.29 is 13.6 Å². The Morgan fingerprint density at radius 3 is 2.39 bits per heavy atom. The Morgan fingerprint density at radius 1 is 1.03 bits per heavy atom. The maximum Gasteiger partial charge on any atom is 0.253 e. The van der Waals surface area contributed by atoms with Crippen LogP contribution < -0.4 is 10.2 Å². The lowest BCUT2D eigenvalue weighted by molar-refractivity contribution is -0.0646. The molecule has 2 atom stereocenters. The number of benzene rings is 1. The molecular formula is C24H36F2N4O. The number of alkyl halides is 2. The topological polar surface area (TPSA) is 38.8 Å². The van der Waals surface area contributed by atoms with E-state index in [9.17, 15) is 13.6 Å². The summed E-state index contributed by atoms with van der Waals surface area (Å²) in [6.07, 6.45) is 3.82. The Bertz CT molecular complexity index is 756. The first kappa shape index (κ1) is 22.5. The van der Waals surface area contributed by atoms with Crippen LogP contribution in [0.4, 0.5) is 14.5 Å². The number of amides is 1. The van der Waals surface area contributed by atoms with Crippen molar-refractivity contribution in [3.8, 4) is 0 Å². The molecule has 0 saturated carbocycles. The van der Waals surface area contributed by atoms with E-state index in [0.29, 0.717) is 25.2 Å². The van der Waals surface area contributed by atoms with Gasteiger partial charge in [-0.05, 0) is 51.8 Å². The molecule has 0 aliphatic carbocycles. The minimum atomic E-state index is -2.49. The first-order chi connectivity index (χ1) is 14.8. The molecular weight excluding hydrogens is 398 g/mol. The molecule has 0 radical (unpaired) electrons. The van der Waals surface area contributed by atoms with Gasteiger partial charge in [-0.15, -0.1) is 0 Å². The molecule has 3 saturated heterocycles. The highest BCUT2D eigenvalue weighted by Crippen LogP contribution is 2.32. The van der Waals surface area contributed by atoms with Gasteiger partial charge in [-0.2, -0.15) is 0 Å². The Morgan fingerprint density at radius 2 is 1.71 bits per heavy atom. The van der Waals surface area contributed by atoms with Gasteiger partial charge in [0.05, 0.1) is 5.56 Å². The lowest BCUT2D eigenvalue weighted by Crippen LogP contribution is -2.50. The van der Waals surface area contributed by atoms with Gasteiger partial charge in [0.2, 0.25) is 0 Å². The van der Waals surface area contributed by atoms with Crippen LogP contribution in [0.15, 0.2) is 24.3 Å². The zero-order valence-corrected chi connectivity index (χ0v) is 18.8. The van der Waals surface area contributed by atoms with Crippen molar-refractivity contribution in [2.75, 3.05) is 44.7 Å². The van der Waals surface area contributed by atoms with Crippen LogP contribution in [0.25, 0.3) is 0 Å². The largest absolute Gasteiger partial charge is 0.371 e. The fourth-order valence-electron chi connectivity index (χ4n) is 5.31. The summed E-state index contributed by atoms with van der Waals surface area (Å²) in [7, 11) is 2.14. The molecule has 1 N–H and O–H groups in total. The van der Waals surface area contributed by atoms with Gasteiger partial charge in [-0.25, -0.2) is 8.78 Å². The number of carbonyl (C=O) groups is 1. The lowest BCUT2D eigenvalue weighted by atomic mass is 9.97. The molecule has 3 aliphatic heterocycles. The molecule has 7 heteroatoms. The van der Waals surface area contributed by atoms with E-state index in [4.69, 9.17) is 0 Å². The predicted octanol–water partition coefficient (Wildman–Crippen LogP) is 3.60. The van der Waals surface area contributed by atoms with Crippen LogP contribution in [0.3, 0.4) is 0 Å². The van der Waals surface area contributed by atoms with E-state index in [-0.39, 0.29) is 24.8 Å². The smallest absolute Gasteiger partial charge is 0.253 e. The van der Waals surface area contributed by atoms with Crippen LogP contribution in [0, 0.1) is 0 Å². The number of nitrogens with zero attached hydrogens (tertiary/aromatic N) is 3. The third-order valence-corrected chi connectivity index (χ3v) is 7.54. The van der Waals surface area contributed by atoms with Crippen LogP contribution in [0.2, 0.25) is 0 Å². The Labute approximate surface area is 184 Å². The van der Waals surface area contributed by atoms with Crippen molar-refractivity contribution in [3.05, 3.63) is 29.8 Å². The average molecular weight is 435 g/mol. The molecule has 5 nitrogen and oxygen atoms in total. The summed E-state index contributed by atoms with van der Waals surface area (Å²) in [5.74, 6) is -2.48. The molecule has 3 aliphatic rings. The maximum atomic E-state index is 13.5. The lowest BCUT2D eigenvalue weighted by Gasteiger charge is -2.42. The summed E-state index contributed by atoms with van der Waals surface area (Å²) >= 11 is 0. The minimum Gasteiger partial charge on any atom is -0.371 e. The van der Waals surface area contributed by atoms with Gasteiger partial charge < -0.3 is 15.1 Å². The number of halogens is 2. The molecule has 1 aromatic rings. The number of likely N-dealkylation sites (tertiary alicyclic amines) is 2. The molecule has 31 heavy (non-hydrogen) atoms. The van der Waals surface area contributed by atoms with E-state index in [1.807, 2.05) is 24.3 Å². The van der Waals surface area contributed by atoms with Crippen molar-refractivity contribution in [2.45, 2.75) is 69.5 Å². The SMILES string of the molecule is CC1CC(NC(=O)c2ccccc2N2CCC(N3CCC(F)(F)CC3)CC2)CCN1C. The summed E-state index contributed by atoms with van der Waals surface area (Å²) in [6, 6.07) is 8.93. The highest BCUT2D eigenvalue weighted by Gasteiger charge is 2.37. The van der Waals surface area contributed by atoms with Crippen molar-refractivity contribution in [1.82, 2.24) is 15.1 Å². The highest BCUT2D eigenvalue weighted by atomic mass is 19.3. The standard InChI is InChI=1S/C24H36F2N4O/c1-18-17-19(7-12-28(18)2)27-23(31)21-5-3-4-6-22(21)30-13-8-20(9-14-30)29-15-10-24(25,26)11-16-29/h3-6,18-20H,7-17H2,1-2H3,(H,27,31). The highest BCUT2D eigenvalue weighted by molar-refractivity contribution is 6.00. The van der Waals surface area contributed by atoms with Gasteiger partial charge in [0.1, 0.15) is 0 Å². The Kier molecular flexibility index (Phi) is 6.82. The molecule has 1 aromatic carbocycles. The summed E-state index contributed by atoms with van der Waals surface area (Å²) in [5.41, 5.74) is 1.73. The maximum absolute atomic E-state index is 13.5. The van der Waals surface area contributed by atoms with Gasteiger partial charge in [-0.3, -0.25) is 9.69 Å². The van der Waals surface area contributed by atoms with Gasteiger partial charge in [0, 0.05) is 69.4 Å². The van der Waals surface area contributed by atoms with Crippen LogP contribution in [0.5, 0.6) is 0 Å². The molecule has 1 amide bonds. The van der Waals surface area contributed by atoms with Crippen LogP contribution >= 0.6 is 0 Å². The summed E-state index contributed by atoms with van der Waals surface area (Å²) < 4.78 is 27.0. The normalized spacial score (nSPS) is 28.5. The number of hydrogen-bond acceptors (Lipinski definition) is 4. The molecule has 0 spiro atoms. The number of piperidine rings is 3. The van der Waals surface area contributed by atoms with Gasteiger partial charge >= 0.3 is 0 Å². The summed E-state index contributed by atoms with van der Waals surface area (Å²) in [6.45, 7) is 5.90. The molecule has 3 heterocycles. The van der Waals surface area contributed by atoms with E-state index in [1.54, 1.807) is 0 Å². The van der Waals surface area contributed by atoms with Gasteiger partial charge in [0.15, 0.2) is 0 Å². The number of rotatable bonds is 4. The Hall–Kier alpha value is -1.73. The predicted molar refractivity (Wildman–Crippen MR) is 120 cm³/mol. The second kappa shape index (κ2) is 9.41. The van der Waals surface area contributed by atoms with Gasteiger partial charge in [-0.1, -0.05) is 12.1 Å². The second-order valence-electron chi connectivity index (χ2n) is 9.65. The van der Waals surface area contributed by atoms with E-state index in [1.165, 1.54) is 0 Å². The number of carbonyl (C=O) groups excluding carboxylic acids is 1. The van der Waals surface area contributed by atoms with Crippen molar-refractivity contribution >= 4 is 11.6 Å². The zero-order valence-electron chi connectivity index (χ0n) is 18.8. The Balaban J connectivity index is 1.35. The fourth-order valence-corrected chi connectivity index (χ4v) is 5.31. The number of para-hydroxylation sites is 1. The van der Waals surface area contributed by atoms with Crippen LogP contribution in [0.1, 0.15) is 55.8 Å². The van der Waals surface area contributed by atoms with E-state index in [2.05, 4.69) is 34.0 Å². The molecule has 0 aromatic heterocycles. The first-order valence-corrected chi connectivity index (χ1v) is 11.8. The quantitative estimate of drug-likeness (QED) is 0.786. The summed E-state index contributed by atoms with van der Waals surface area (Å²) in [4.78, 5) is 20.0. The third-order valence-electron chi connectivity index (χ3n) is 7.54. The van der Waals surface area contributed by atoms with Crippen LogP contribution in [-0.2, 0) is 0 Å². The van der Waals surface area contributed by atoms with Crippen molar-refractivity contribution in [1.29, 1.82) is 0 Å². The first-order valence-electron chi connectivity index (χ1n) is 11.8. The third kappa shape index (κ3) is 5.37.